The van der Waals surface area contributed by atoms with E-state index in [1.54, 1.807) is 0 Å². The van der Waals surface area contributed by atoms with Crippen molar-refractivity contribution < 1.29 is 43.0 Å². The Balaban J connectivity index is -0.000000240. The molecule has 0 rings (SSSR count). The van der Waals surface area contributed by atoms with Crippen molar-refractivity contribution in [3.8, 4) is 0 Å². The fraction of sp³-hybridized carbons (Fsp3) is 0.800. The topological polar surface area (TPSA) is 130 Å². The van der Waals surface area contributed by atoms with Crippen LogP contribution in [0, 0.1) is 0 Å². The van der Waals surface area contributed by atoms with Gasteiger partial charge in [0.2, 0.25) is 0 Å². The van der Waals surface area contributed by atoms with Gasteiger partial charge < -0.3 is 14.2 Å². The molecule has 0 bridgehead atoms. The number of Topliss-reactive ketones (excluding diaryl/α,β-unsaturated/α-hetero) is 3. The molecule has 0 aliphatic heterocycles. The summed E-state index contributed by atoms with van der Waals surface area (Å²) < 4.78 is 14.5. The van der Waals surface area contributed by atoms with E-state index in [4.69, 9.17) is 14.2 Å². The fourth-order valence-corrected chi connectivity index (χ4v) is 2.91. The second-order valence-corrected chi connectivity index (χ2v) is 9.48. The second kappa shape index (κ2) is 35.0. The minimum absolute atomic E-state index is 0. The average molecular weight is 586 g/mol. The van der Waals surface area contributed by atoms with Crippen LogP contribution in [-0.4, -0.2) is 72.4 Å². The summed E-state index contributed by atoms with van der Waals surface area (Å²) in [4.78, 5) is 64.0. The molecule has 0 saturated carbocycles. The minimum atomic E-state index is -0.399. The average Bonchev–Trinajstić information content (AvgIpc) is 2.83. The van der Waals surface area contributed by atoms with Crippen LogP contribution in [0.2, 0.25) is 0 Å². The Labute approximate surface area is 253 Å². The standard InChI is InChI=1S/3C10H18O3.Al/c3*1-3-4-5-6-7-13-10(12)8-9(2)11;/h3*3-8H2,1-2H3;. The summed E-state index contributed by atoms with van der Waals surface area (Å²) in [6.45, 7) is 11.9. The fourth-order valence-electron chi connectivity index (χ4n) is 2.91. The smallest absolute Gasteiger partial charge is 0.313 e. The van der Waals surface area contributed by atoms with Crippen LogP contribution in [0.25, 0.3) is 0 Å². The maximum Gasteiger partial charge on any atom is 0.313 e. The van der Waals surface area contributed by atoms with Crippen molar-refractivity contribution in [3.05, 3.63) is 0 Å². The van der Waals surface area contributed by atoms with Gasteiger partial charge in [-0.3, -0.25) is 28.8 Å². The molecule has 10 heteroatoms. The lowest BCUT2D eigenvalue weighted by atomic mass is 10.2. The number of hydrogen-bond donors (Lipinski definition) is 0. The zero-order valence-electron chi connectivity index (χ0n) is 26.0. The van der Waals surface area contributed by atoms with Crippen molar-refractivity contribution in [3.63, 3.8) is 0 Å². The molecular formula is C30H54AlO9. The zero-order valence-corrected chi connectivity index (χ0v) is 27.1. The first-order valence-corrected chi connectivity index (χ1v) is 14.4. The van der Waals surface area contributed by atoms with Gasteiger partial charge in [0.15, 0.2) is 0 Å². The van der Waals surface area contributed by atoms with Gasteiger partial charge in [-0.15, -0.1) is 0 Å². The van der Waals surface area contributed by atoms with Gasteiger partial charge in [0.1, 0.15) is 36.6 Å². The molecule has 40 heavy (non-hydrogen) atoms. The van der Waals surface area contributed by atoms with Crippen LogP contribution < -0.4 is 0 Å². The zero-order chi connectivity index (χ0) is 30.3. The van der Waals surface area contributed by atoms with Gasteiger partial charge in [-0.25, -0.2) is 0 Å². The van der Waals surface area contributed by atoms with Gasteiger partial charge in [-0.1, -0.05) is 78.6 Å². The Morgan fingerprint density at radius 1 is 0.400 bits per heavy atom. The van der Waals surface area contributed by atoms with Crippen molar-refractivity contribution in [1.29, 1.82) is 0 Å². The Morgan fingerprint density at radius 2 is 0.625 bits per heavy atom. The lowest BCUT2D eigenvalue weighted by molar-refractivity contribution is -0.147. The normalized spacial score (nSPS) is 9.45. The number of carbonyl (C=O) groups excluding carboxylic acids is 6. The molecule has 0 aliphatic carbocycles. The van der Waals surface area contributed by atoms with Gasteiger partial charge in [0.25, 0.3) is 0 Å². The largest absolute Gasteiger partial charge is 0.465 e. The molecule has 231 valence electrons. The Bertz CT molecular complexity index is 588. The molecule has 0 aliphatic rings. The highest BCUT2D eigenvalue weighted by molar-refractivity contribution is 5.95. The summed E-state index contributed by atoms with van der Waals surface area (Å²) in [5.41, 5.74) is 0. The summed E-state index contributed by atoms with van der Waals surface area (Å²) in [5.74, 6) is -1.62. The SMILES string of the molecule is CCCCCCOC(=O)CC(C)=O.CCCCCCOC(=O)CC(C)=O.CCCCCCOC(=O)CC(C)=O.[Al]. The lowest BCUT2D eigenvalue weighted by Crippen LogP contribution is -2.09. The summed E-state index contributed by atoms with van der Waals surface area (Å²) in [5, 5.41) is 0. The Kier molecular flexibility index (Phi) is 39.3. The van der Waals surface area contributed by atoms with Gasteiger partial charge in [0, 0.05) is 17.4 Å². The van der Waals surface area contributed by atoms with Crippen LogP contribution in [-0.2, 0) is 43.0 Å². The predicted octanol–water partition coefficient (Wildman–Crippen LogP) is 5.89. The van der Waals surface area contributed by atoms with Gasteiger partial charge >= 0.3 is 17.9 Å². The van der Waals surface area contributed by atoms with Gasteiger partial charge in [-0.05, 0) is 40.0 Å². The van der Waals surface area contributed by atoms with E-state index in [0.29, 0.717) is 19.8 Å². The second-order valence-electron chi connectivity index (χ2n) is 9.48. The van der Waals surface area contributed by atoms with Crippen molar-refractivity contribution in [2.45, 2.75) is 138 Å². The van der Waals surface area contributed by atoms with Crippen LogP contribution in [0.5, 0.6) is 0 Å². The first-order chi connectivity index (χ1) is 18.5. The molecule has 0 unspecified atom stereocenters. The van der Waals surface area contributed by atoms with E-state index < -0.39 is 17.9 Å². The van der Waals surface area contributed by atoms with Crippen LogP contribution in [0.3, 0.4) is 0 Å². The monoisotopic (exact) mass is 585 g/mol. The molecule has 0 fully saturated rings. The van der Waals surface area contributed by atoms with Crippen molar-refractivity contribution in [1.82, 2.24) is 0 Å². The van der Waals surface area contributed by atoms with Gasteiger partial charge in [0.05, 0.1) is 19.8 Å². The molecule has 0 aromatic carbocycles. The maximum absolute atomic E-state index is 10.8. The van der Waals surface area contributed by atoms with E-state index >= 15 is 0 Å². The molecular weight excluding hydrogens is 531 g/mol. The highest BCUT2D eigenvalue weighted by Gasteiger charge is 2.06. The summed E-state index contributed by atoms with van der Waals surface area (Å²) in [6.07, 6.45) is 12.7. The molecule has 0 spiro atoms. The number of carbonyl (C=O) groups is 6. The van der Waals surface area contributed by atoms with Crippen molar-refractivity contribution in [2.24, 2.45) is 0 Å². The Hall–Kier alpha value is -2.05. The quantitative estimate of drug-likeness (QED) is 0.0532. The molecule has 0 N–H and O–H groups in total. The van der Waals surface area contributed by atoms with Crippen LogP contribution in [0.15, 0.2) is 0 Å². The summed E-state index contributed by atoms with van der Waals surface area (Å²) in [7, 11) is 0. The third kappa shape index (κ3) is 45.8. The number of esters is 3. The third-order valence-electron chi connectivity index (χ3n) is 4.96. The molecule has 0 heterocycles. The summed E-state index contributed by atoms with van der Waals surface area (Å²) >= 11 is 0. The molecule has 0 aromatic heterocycles. The van der Waals surface area contributed by atoms with Crippen LogP contribution in [0.1, 0.15) is 138 Å². The highest BCUT2D eigenvalue weighted by Crippen LogP contribution is 2.01. The highest BCUT2D eigenvalue weighted by atomic mass is 27.0. The number of hydrogen-bond acceptors (Lipinski definition) is 9. The van der Waals surface area contributed by atoms with E-state index in [9.17, 15) is 28.8 Å². The van der Waals surface area contributed by atoms with Gasteiger partial charge in [-0.2, -0.15) is 0 Å². The van der Waals surface area contributed by atoms with Crippen molar-refractivity contribution >= 4 is 52.6 Å². The molecule has 3 radical (unpaired) electrons. The van der Waals surface area contributed by atoms with E-state index in [2.05, 4.69) is 20.8 Å². The molecule has 0 saturated heterocycles. The van der Waals surface area contributed by atoms with Crippen molar-refractivity contribution in [2.75, 3.05) is 19.8 Å². The molecule has 0 aromatic rings. The first kappa shape index (κ1) is 45.0. The number of ketones is 3. The third-order valence-corrected chi connectivity index (χ3v) is 4.96. The maximum atomic E-state index is 10.8. The number of rotatable bonds is 21. The lowest BCUT2D eigenvalue weighted by Gasteiger charge is -2.02. The Morgan fingerprint density at radius 3 is 0.800 bits per heavy atom. The summed E-state index contributed by atoms with van der Waals surface area (Å²) in [6, 6.07) is 0. The minimum Gasteiger partial charge on any atom is -0.465 e. The number of ether oxygens (including phenoxy) is 3. The number of unbranched alkanes of at least 4 members (excludes halogenated alkanes) is 9. The van der Waals surface area contributed by atoms with Crippen LogP contribution in [0.4, 0.5) is 0 Å². The molecule has 9 nitrogen and oxygen atoms in total. The van der Waals surface area contributed by atoms with Crippen LogP contribution >= 0.6 is 0 Å². The van der Waals surface area contributed by atoms with E-state index in [1.165, 1.54) is 59.3 Å². The van der Waals surface area contributed by atoms with E-state index in [1.807, 2.05) is 0 Å². The van der Waals surface area contributed by atoms with E-state index in [-0.39, 0.29) is 54.0 Å². The first-order valence-electron chi connectivity index (χ1n) is 14.4. The molecule has 0 amide bonds. The molecule has 0 atom stereocenters. The predicted molar refractivity (Wildman–Crippen MR) is 157 cm³/mol. The van der Waals surface area contributed by atoms with E-state index in [0.717, 1.165) is 38.5 Å².